The Morgan fingerprint density at radius 2 is 1.83 bits per heavy atom. The molecule has 0 spiro atoms. The minimum absolute atomic E-state index is 0.0892. The predicted octanol–water partition coefficient (Wildman–Crippen LogP) is 6.58. The molecule has 0 fully saturated rings. The van der Waals surface area contributed by atoms with Crippen LogP contribution in [0.15, 0.2) is 65.8 Å². The molecule has 126 valence electrons. The summed E-state index contributed by atoms with van der Waals surface area (Å²) in [4.78, 5) is 0. The fourth-order valence-electron chi connectivity index (χ4n) is 4.36. The zero-order valence-corrected chi connectivity index (χ0v) is 15.8. The van der Waals surface area contributed by atoms with E-state index < -0.39 is 0 Å². The number of hydrogen-bond donors (Lipinski definition) is 0. The molecule has 0 N–H and O–H groups in total. The van der Waals surface area contributed by atoms with E-state index in [-0.39, 0.29) is 10.8 Å². The molecule has 2 atom stereocenters. The van der Waals surface area contributed by atoms with E-state index in [0.29, 0.717) is 0 Å². The average Bonchev–Trinajstić information content (AvgIpc) is 2.57. The summed E-state index contributed by atoms with van der Waals surface area (Å²) >= 11 is 0. The summed E-state index contributed by atoms with van der Waals surface area (Å²) in [5, 5.41) is 0. The molecular formula is C24H30. The van der Waals surface area contributed by atoms with E-state index >= 15 is 0 Å². The standard InChI is InChI=1S/C24H30/c1-6-20-10-7-11-21(23(4)15-12-18(2)13-16-23)22(20)24(5)14-8-9-19(3)17-24/h7-15H,6,16-17H2,1-5H3. The van der Waals surface area contributed by atoms with Crippen molar-refractivity contribution in [2.75, 3.05) is 0 Å². The number of aryl methyl sites for hydroxylation is 1. The molecule has 0 aliphatic heterocycles. The van der Waals surface area contributed by atoms with Gasteiger partial charge in [-0.05, 0) is 49.8 Å². The van der Waals surface area contributed by atoms with Gasteiger partial charge < -0.3 is 0 Å². The molecule has 24 heavy (non-hydrogen) atoms. The molecule has 3 rings (SSSR count). The van der Waals surface area contributed by atoms with Gasteiger partial charge in [0.15, 0.2) is 0 Å². The smallest absolute Gasteiger partial charge is 0.0149 e. The first-order valence-corrected chi connectivity index (χ1v) is 9.22. The van der Waals surface area contributed by atoms with Crippen molar-refractivity contribution in [2.45, 2.75) is 64.7 Å². The van der Waals surface area contributed by atoms with Gasteiger partial charge in [0, 0.05) is 10.8 Å². The predicted molar refractivity (Wildman–Crippen MR) is 106 cm³/mol. The van der Waals surface area contributed by atoms with E-state index in [4.69, 9.17) is 0 Å². The Balaban J connectivity index is 2.17. The highest BCUT2D eigenvalue weighted by Crippen LogP contribution is 2.45. The van der Waals surface area contributed by atoms with Crippen LogP contribution in [-0.4, -0.2) is 0 Å². The van der Waals surface area contributed by atoms with Crippen molar-refractivity contribution in [3.05, 3.63) is 82.5 Å². The lowest BCUT2D eigenvalue weighted by Gasteiger charge is -2.39. The highest BCUT2D eigenvalue weighted by atomic mass is 14.4. The van der Waals surface area contributed by atoms with Gasteiger partial charge in [0.1, 0.15) is 0 Å². The van der Waals surface area contributed by atoms with Crippen LogP contribution in [0.1, 0.15) is 64.2 Å². The van der Waals surface area contributed by atoms with Gasteiger partial charge in [-0.15, -0.1) is 0 Å². The van der Waals surface area contributed by atoms with Crippen LogP contribution in [-0.2, 0) is 17.3 Å². The van der Waals surface area contributed by atoms with E-state index in [1.807, 2.05) is 0 Å². The van der Waals surface area contributed by atoms with E-state index in [9.17, 15) is 0 Å². The Kier molecular flexibility index (Phi) is 4.42. The van der Waals surface area contributed by atoms with E-state index in [0.717, 1.165) is 19.3 Å². The Morgan fingerprint density at radius 3 is 2.46 bits per heavy atom. The quantitative estimate of drug-likeness (QED) is 0.590. The SMILES string of the molecule is CCc1cccc(C2(C)C=CC(C)=CC2)c1C1(C)C=CC=C(C)C1. The minimum Gasteiger partial charge on any atom is -0.0804 e. The van der Waals surface area contributed by atoms with Gasteiger partial charge in [-0.2, -0.15) is 0 Å². The van der Waals surface area contributed by atoms with Crippen LogP contribution in [0.2, 0.25) is 0 Å². The molecule has 1 aromatic carbocycles. The molecule has 0 aromatic heterocycles. The molecule has 2 aliphatic rings. The highest BCUT2D eigenvalue weighted by molar-refractivity contribution is 5.52. The van der Waals surface area contributed by atoms with Crippen molar-refractivity contribution >= 4 is 0 Å². The van der Waals surface area contributed by atoms with Gasteiger partial charge in [0.25, 0.3) is 0 Å². The highest BCUT2D eigenvalue weighted by Gasteiger charge is 2.35. The van der Waals surface area contributed by atoms with Gasteiger partial charge in [0.05, 0.1) is 0 Å². The van der Waals surface area contributed by atoms with Crippen molar-refractivity contribution in [1.82, 2.24) is 0 Å². The van der Waals surface area contributed by atoms with Crippen molar-refractivity contribution in [2.24, 2.45) is 0 Å². The molecule has 0 saturated heterocycles. The maximum absolute atomic E-state index is 2.42. The van der Waals surface area contributed by atoms with Crippen LogP contribution < -0.4 is 0 Å². The lowest BCUT2D eigenvalue weighted by molar-refractivity contribution is 0.528. The zero-order valence-electron chi connectivity index (χ0n) is 15.8. The molecule has 0 heteroatoms. The second-order valence-corrected chi connectivity index (χ2v) is 8.06. The summed E-state index contributed by atoms with van der Waals surface area (Å²) < 4.78 is 0. The fraction of sp³-hybridized carbons (Fsp3) is 0.417. The molecule has 0 saturated carbocycles. The second kappa shape index (κ2) is 6.24. The molecule has 0 nitrogen and oxygen atoms in total. The summed E-state index contributed by atoms with van der Waals surface area (Å²) in [6.45, 7) is 11.5. The van der Waals surface area contributed by atoms with Gasteiger partial charge in [-0.3, -0.25) is 0 Å². The van der Waals surface area contributed by atoms with Crippen LogP contribution in [0.4, 0.5) is 0 Å². The minimum atomic E-state index is 0.0892. The van der Waals surface area contributed by atoms with E-state index in [2.05, 4.69) is 89.3 Å². The largest absolute Gasteiger partial charge is 0.0804 e. The first-order valence-electron chi connectivity index (χ1n) is 9.22. The lowest BCUT2D eigenvalue weighted by atomic mass is 9.65. The molecule has 0 amide bonds. The summed E-state index contributed by atoms with van der Waals surface area (Å²) in [5.74, 6) is 0. The third-order valence-electron chi connectivity index (χ3n) is 5.77. The number of allylic oxidation sites excluding steroid dienone is 8. The average molecular weight is 319 g/mol. The Bertz CT molecular complexity index is 756. The maximum atomic E-state index is 2.42. The molecule has 1 aromatic rings. The van der Waals surface area contributed by atoms with Crippen molar-refractivity contribution < 1.29 is 0 Å². The summed E-state index contributed by atoms with van der Waals surface area (Å²) in [6, 6.07) is 6.93. The van der Waals surface area contributed by atoms with Crippen LogP contribution in [0.25, 0.3) is 0 Å². The first kappa shape index (κ1) is 17.0. The third-order valence-corrected chi connectivity index (χ3v) is 5.77. The Labute approximate surface area is 147 Å². The van der Waals surface area contributed by atoms with Crippen molar-refractivity contribution in [3.63, 3.8) is 0 Å². The third kappa shape index (κ3) is 2.95. The van der Waals surface area contributed by atoms with Gasteiger partial charge in [-0.1, -0.05) is 86.6 Å². The molecule has 2 aliphatic carbocycles. The maximum Gasteiger partial charge on any atom is 0.0149 e. The van der Waals surface area contributed by atoms with Crippen molar-refractivity contribution in [1.29, 1.82) is 0 Å². The van der Waals surface area contributed by atoms with Gasteiger partial charge in [0.2, 0.25) is 0 Å². The topological polar surface area (TPSA) is 0 Å². The number of benzene rings is 1. The summed E-state index contributed by atoms with van der Waals surface area (Å²) in [6.07, 6.45) is 17.3. The molecular weight excluding hydrogens is 288 g/mol. The number of hydrogen-bond acceptors (Lipinski definition) is 0. The number of rotatable bonds is 3. The fourth-order valence-corrected chi connectivity index (χ4v) is 4.36. The van der Waals surface area contributed by atoms with E-state index in [1.165, 1.54) is 22.3 Å². The monoisotopic (exact) mass is 318 g/mol. The zero-order chi connectivity index (χ0) is 17.4. The summed E-state index contributed by atoms with van der Waals surface area (Å²) in [5.41, 5.74) is 7.58. The van der Waals surface area contributed by atoms with Crippen molar-refractivity contribution in [3.8, 4) is 0 Å². The van der Waals surface area contributed by atoms with Crippen LogP contribution in [0.3, 0.4) is 0 Å². The Hall–Kier alpha value is -1.82. The normalized spacial score (nSPS) is 29.4. The molecule has 0 heterocycles. The van der Waals surface area contributed by atoms with Crippen LogP contribution >= 0.6 is 0 Å². The molecule has 2 unspecified atom stereocenters. The first-order chi connectivity index (χ1) is 11.4. The summed E-state index contributed by atoms with van der Waals surface area (Å²) in [7, 11) is 0. The van der Waals surface area contributed by atoms with Crippen LogP contribution in [0.5, 0.6) is 0 Å². The van der Waals surface area contributed by atoms with Crippen LogP contribution in [0, 0.1) is 0 Å². The van der Waals surface area contributed by atoms with E-state index in [1.54, 1.807) is 5.56 Å². The Morgan fingerprint density at radius 1 is 1.04 bits per heavy atom. The molecule has 0 bridgehead atoms. The molecule has 0 radical (unpaired) electrons. The second-order valence-electron chi connectivity index (χ2n) is 8.06. The lowest BCUT2D eigenvalue weighted by Crippen LogP contribution is -2.31. The van der Waals surface area contributed by atoms with Gasteiger partial charge in [-0.25, -0.2) is 0 Å². The van der Waals surface area contributed by atoms with Gasteiger partial charge >= 0.3 is 0 Å².